The van der Waals surface area contributed by atoms with Gasteiger partial charge in [-0.3, -0.25) is 4.18 Å². The Morgan fingerprint density at radius 3 is 1.54 bits per heavy atom. The molecule has 136 valence electrons. The van der Waals surface area contributed by atoms with Gasteiger partial charge < -0.3 is 0 Å². The molecule has 0 amide bonds. The van der Waals surface area contributed by atoms with E-state index in [1.54, 1.807) is 24.3 Å². The third kappa shape index (κ3) is 3.68. The SMILES string of the molecule is COS(OS(=O)(=O)c1ccc(C)cc1)(c1ccccc1)c1ccccc1. The summed E-state index contributed by atoms with van der Waals surface area (Å²) in [6.45, 7) is 1.90. The minimum Gasteiger partial charge on any atom is -0.277 e. The summed E-state index contributed by atoms with van der Waals surface area (Å²) in [5.41, 5.74) is 0.973. The van der Waals surface area contributed by atoms with Crippen LogP contribution < -0.4 is 0 Å². The van der Waals surface area contributed by atoms with Crippen LogP contribution in [0.3, 0.4) is 0 Å². The van der Waals surface area contributed by atoms with Gasteiger partial charge in [0.05, 0.1) is 21.8 Å². The van der Waals surface area contributed by atoms with Gasteiger partial charge in [-0.05, 0) is 43.3 Å². The maximum atomic E-state index is 13.0. The molecule has 0 bridgehead atoms. The van der Waals surface area contributed by atoms with Crippen molar-refractivity contribution in [1.29, 1.82) is 0 Å². The van der Waals surface area contributed by atoms with Crippen LogP contribution in [0, 0.1) is 6.92 Å². The van der Waals surface area contributed by atoms with Crippen molar-refractivity contribution in [2.75, 3.05) is 7.11 Å². The normalized spacial score (nSPS) is 12.7. The molecule has 3 aromatic rings. The van der Waals surface area contributed by atoms with E-state index in [2.05, 4.69) is 0 Å². The predicted octanol–water partition coefficient (Wildman–Crippen LogP) is 5.10. The van der Waals surface area contributed by atoms with Crippen LogP contribution in [0.1, 0.15) is 5.56 Å². The fraction of sp³-hybridized carbons (Fsp3) is 0.100. The molecule has 0 saturated carbocycles. The van der Waals surface area contributed by atoms with E-state index >= 15 is 0 Å². The first-order chi connectivity index (χ1) is 12.5. The first-order valence-electron chi connectivity index (χ1n) is 8.00. The van der Waals surface area contributed by atoms with Crippen molar-refractivity contribution >= 4 is 20.7 Å². The first kappa shape index (κ1) is 18.7. The Morgan fingerprint density at radius 2 is 1.12 bits per heavy atom. The lowest BCUT2D eigenvalue weighted by Crippen LogP contribution is -2.15. The second kappa shape index (κ2) is 7.63. The molecule has 4 nitrogen and oxygen atoms in total. The van der Waals surface area contributed by atoms with E-state index in [1.165, 1.54) is 7.11 Å². The van der Waals surface area contributed by atoms with E-state index in [0.717, 1.165) is 5.56 Å². The summed E-state index contributed by atoms with van der Waals surface area (Å²) in [7, 11) is -5.25. The molecular formula is C20H20O4S2. The van der Waals surface area contributed by atoms with E-state index in [-0.39, 0.29) is 4.90 Å². The summed E-state index contributed by atoms with van der Waals surface area (Å²) < 4.78 is 37.5. The van der Waals surface area contributed by atoms with Gasteiger partial charge >= 0.3 is 10.1 Å². The third-order valence-corrected chi connectivity index (χ3v) is 8.42. The van der Waals surface area contributed by atoms with Crippen molar-refractivity contribution in [2.24, 2.45) is 0 Å². The second-order valence-corrected chi connectivity index (χ2v) is 9.84. The summed E-state index contributed by atoms with van der Waals surface area (Å²) in [6, 6.07) is 24.9. The van der Waals surface area contributed by atoms with Gasteiger partial charge in [0.1, 0.15) is 0 Å². The van der Waals surface area contributed by atoms with E-state index in [4.69, 9.17) is 7.81 Å². The molecule has 0 fully saturated rings. The zero-order valence-corrected chi connectivity index (χ0v) is 16.2. The summed E-state index contributed by atoms with van der Waals surface area (Å²) in [6.07, 6.45) is 0. The molecule has 6 heteroatoms. The minimum atomic E-state index is -4.03. The minimum absolute atomic E-state index is 0.101. The topological polar surface area (TPSA) is 52.6 Å². The lowest BCUT2D eigenvalue weighted by Gasteiger charge is -2.40. The molecule has 0 spiro atoms. The van der Waals surface area contributed by atoms with Crippen molar-refractivity contribution in [1.82, 2.24) is 0 Å². The fourth-order valence-corrected chi connectivity index (χ4v) is 6.84. The molecule has 0 aromatic heterocycles. The third-order valence-electron chi connectivity index (χ3n) is 3.84. The molecule has 0 aliphatic heterocycles. The monoisotopic (exact) mass is 388 g/mol. The molecule has 0 N–H and O–H groups in total. The Bertz CT molecular complexity index is 914. The quantitative estimate of drug-likeness (QED) is 0.589. The molecule has 3 rings (SSSR count). The number of hydrogen-bond donors (Lipinski definition) is 0. The Morgan fingerprint density at radius 1 is 0.654 bits per heavy atom. The summed E-state index contributed by atoms with van der Waals surface area (Å²) in [5.74, 6) is 0. The van der Waals surface area contributed by atoms with Crippen LogP contribution in [0.2, 0.25) is 0 Å². The average Bonchev–Trinajstić information content (AvgIpc) is 2.68. The lowest BCUT2D eigenvalue weighted by atomic mass is 10.2. The van der Waals surface area contributed by atoms with Crippen molar-refractivity contribution in [3.8, 4) is 0 Å². The van der Waals surface area contributed by atoms with Crippen molar-refractivity contribution in [3.05, 3.63) is 90.5 Å². The van der Waals surface area contributed by atoms with Crippen molar-refractivity contribution in [3.63, 3.8) is 0 Å². The zero-order valence-electron chi connectivity index (χ0n) is 14.5. The van der Waals surface area contributed by atoms with Crippen LogP contribution in [-0.2, 0) is 17.9 Å². The van der Waals surface area contributed by atoms with Gasteiger partial charge in [0.2, 0.25) is 0 Å². The standard InChI is InChI=1S/C20H20O4S2/c1-17-13-15-20(16-14-17)26(21,22)24-25(23-2,18-9-5-3-6-10-18)19-11-7-4-8-12-19/h3-16H,1-2H3. The number of aryl methyl sites for hydroxylation is 1. The van der Waals surface area contributed by atoms with Crippen LogP contribution in [0.4, 0.5) is 0 Å². The van der Waals surface area contributed by atoms with Gasteiger partial charge in [-0.2, -0.15) is 8.42 Å². The van der Waals surface area contributed by atoms with Gasteiger partial charge in [0.25, 0.3) is 0 Å². The fourth-order valence-electron chi connectivity index (χ4n) is 2.50. The molecule has 0 saturated heterocycles. The molecule has 3 aromatic carbocycles. The van der Waals surface area contributed by atoms with Gasteiger partial charge in [-0.1, -0.05) is 54.1 Å². The number of benzene rings is 3. The Hall–Kier alpha value is -2.12. The predicted molar refractivity (Wildman–Crippen MR) is 103 cm³/mol. The highest BCUT2D eigenvalue weighted by Crippen LogP contribution is 2.65. The van der Waals surface area contributed by atoms with Crippen LogP contribution in [0.15, 0.2) is 99.6 Å². The van der Waals surface area contributed by atoms with E-state index in [9.17, 15) is 8.42 Å². The lowest BCUT2D eigenvalue weighted by molar-refractivity contribution is 0.395. The highest BCUT2D eigenvalue weighted by molar-refractivity contribution is 8.29. The van der Waals surface area contributed by atoms with E-state index in [0.29, 0.717) is 9.79 Å². The summed E-state index contributed by atoms with van der Waals surface area (Å²) in [4.78, 5) is 1.44. The van der Waals surface area contributed by atoms with Crippen LogP contribution in [-0.4, -0.2) is 15.5 Å². The maximum Gasteiger partial charge on any atom is 0.315 e. The van der Waals surface area contributed by atoms with Gasteiger partial charge in [0.15, 0.2) is 0 Å². The second-order valence-electron chi connectivity index (χ2n) is 5.63. The highest BCUT2D eigenvalue weighted by atomic mass is 32.3. The maximum absolute atomic E-state index is 13.0. The van der Waals surface area contributed by atoms with Crippen LogP contribution in [0.5, 0.6) is 0 Å². The average molecular weight is 389 g/mol. The molecule has 0 heterocycles. The highest BCUT2D eigenvalue weighted by Gasteiger charge is 2.33. The molecular weight excluding hydrogens is 368 g/mol. The Kier molecular flexibility index (Phi) is 5.48. The number of hydrogen-bond acceptors (Lipinski definition) is 4. The van der Waals surface area contributed by atoms with E-state index < -0.39 is 20.7 Å². The largest absolute Gasteiger partial charge is 0.315 e. The smallest absolute Gasteiger partial charge is 0.277 e. The van der Waals surface area contributed by atoms with Gasteiger partial charge in [0, 0.05) is 0 Å². The molecule has 0 aliphatic rings. The molecule has 0 atom stereocenters. The molecule has 0 radical (unpaired) electrons. The zero-order chi connectivity index (χ0) is 18.6. The summed E-state index contributed by atoms with van der Waals surface area (Å²) >= 11 is 0. The van der Waals surface area contributed by atoms with Crippen LogP contribution in [0.25, 0.3) is 0 Å². The Labute approximate surface area is 156 Å². The van der Waals surface area contributed by atoms with Gasteiger partial charge in [-0.25, -0.2) is 0 Å². The number of rotatable bonds is 6. The first-order valence-corrected chi connectivity index (χ1v) is 10.9. The van der Waals surface area contributed by atoms with Crippen LogP contribution >= 0.6 is 10.6 Å². The van der Waals surface area contributed by atoms with Crippen molar-refractivity contribution < 1.29 is 16.2 Å². The molecule has 26 heavy (non-hydrogen) atoms. The van der Waals surface area contributed by atoms with Gasteiger partial charge in [-0.15, -0.1) is 14.2 Å². The molecule has 0 unspecified atom stereocenters. The van der Waals surface area contributed by atoms with E-state index in [1.807, 2.05) is 67.6 Å². The molecule has 0 aliphatic carbocycles. The summed E-state index contributed by atoms with van der Waals surface area (Å²) in [5, 5.41) is 0. The Balaban J connectivity index is 2.14. The van der Waals surface area contributed by atoms with Crippen molar-refractivity contribution in [2.45, 2.75) is 21.6 Å².